The van der Waals surface area contributed by atoms with Crippen molar-refractivity contribution >= 4 is 27.1 Å². The molecule has 0 spiro atoms. The molecule has 7 nitrogen and oxygen atoms in total. The van der Waals surface area contributed by atoms with Crippen molar-refractivity contribution in [3.8, 4) is 21.8 Å². The van der Waals surface area contributed by atoms with Gasteiger partial charge in [0, 0.05) is 24.9 Å². The number of anilines is 1. The van der Waals surface area contributed by atoms with Crippen LogP contribution >= 0.6 is 11.3 Å². The first-order chi connectivity index (χ1) is 15.6. The molecule has 10 heteroatoms. The van der Waals surface area contributed by atoms with Crippen molar-refractivity contribution in [2.45, 2.75) is 45.3 Å². The summed E-state index contributed by atoms with van der Waals surface area (Å²) in [7, 11) is -1.34. The Morgan fingerprint density at radius 3 is 2.61 bits per heavy atom. The van der Waals surface area contributed by atoms with Crippen LogP contribution in [0.5, 0.6) is 0 Å². The Kier molecular flexibility index (Phi) is 6.52. The third kappa shape index (κ3) is 5.07. The molecule has 1 saturated heterocycles. The predicted molar refractivity (Wildman–Crippen MR) is 129 cm³/mol. The van der Waals surface area contributed by atoms with E-state index in [-0.39, 0.29) is 23.4 Å². The van der Waals surface area contributed by atoms with Gasteiger partial charge in [-0.1, -0.05) is 12.1 Å². The fourth-order valence-electron chi connectivity index (χ4n) is 3.62. The summed E-state index contributed by atoms with van der Waals surface area (Å²) in [6.07, 6.45) is 2.67. The van der Waals surface area contributed by atoms with Crippen LogP contribution in [0.4, 0.5) is 10.3 Å². The molecule has 3 heterocycles. The average Bonchev–Trinajstić information content (AvgIpc) is 3.23. The van der Waals surface area contributed by atoms with Crippen LogP contribution in [0.25, 0.3) is 21.8 Å². The van der Waals surface area contributed by atoms with E-state index in [1.165, 1.54) is 11.3 Å². The Morgan fingerprint density at radius 1 is 1.18 bits per heavy atom. The van der Waals surface area contributed by atoms with E-state index in [1.807, 2.05) is 19.9 Å². The van der Waals surface area contributed by atoms with Gasteiger partial charge in [-0.3, -0.25) is 0 Å². The van der Waals surface area contributed by atoms with Crippen molar-refractivity contribution < 1.29 is 17.5 Å². The second kappa shape index (κ2) is 9.08. The molecule has 0 aliphatic carbocycles. The third-order valence-corrected chi connectivity index (χ3v) is 8.97. The molecule has 4 rings (SSSR count). The van der Waals surface area contributed by atoms with Gasteiger partial charge < -0.3 is 10.1 Å². The van der Waals surface area contributed by atoms with Crippen molar-refractivity contribution in [1.82, 2.24) is 15.0 Å². The number of halogens is 1. The molecule has 2 aromatic heterocycles. The normalized spacial score (nSPS) is 16.6. The molecule has 0 atom stereocenters. The maximum absolute atomic E-state index is 15.1. The van der Waals surface area contributed by atoms with Crippen LogP contribution in [0.2, 0.25) is 0 Å². The van der Waals surface area contributed by atoms with Gasteiger partial charge in [0.25, 0.3) is 0 Å². The first kappa shape index (κ1) is 23.7. The van der Waals surface area contributed by atoms with Gasteiger partial charge >= 0.3 is 0 Å². The zero-order valence-corrected chi connectivity index (χ0v) is 20.7. The molecule has 0 bridgehead atoms. The molecule has 1 N–H and O–H groups in total. The van der Waals surface area contributed by atoms with Gasteiger partial charge in [0.05, 0.1) is 27.8 Å². The van der Waals surface area contributed by atoms with Gasteiger partial charge in [-0.25, -0.2) is 27.8 Å². The smallest absolute Gasteiger partial charge is 0.223 e. The molecule has 1 aliphatic heterocycles. The largest absolute Gasteiger partial charge is 0.372 e. The van der Waals surface area contributed by atoms with Crippen LogP contribution in [0, 0.1) is 12.7 Å². The van der Waals surface area contributed by atoms with Crippen molar-refractivity contribution in [3.05, 3.63) is 46.9 Å². The lowest BCUT2D eigenvalue weighted by Crippen LogP contribution is -2.32. The lowest BCUT2D eigenvalue weighted by molar-refractivity contribution is 0.0191. The minimum atomic E-state index is -2.95. The molecular weight excluding hydrogens is 463 g/mol. The quantitative estimate of drug-likeness (QED) is 0.540. The van der Waals surface area contributed by atoms with Gasteiger partial charge in [-0.15, -0.1) is 11.3 Å². The molecule has 0 saturated carbocycles. The van der Waals surface area contributed by atoms with Crippen LogP contribution in [-0.4, -0.2) is 48.0 Å². The summed E-state index contributed by atoms with van der Waals surface area (Å²) < 4.78 is 44.1. The Hall–Kier alpha value is -2.43. The number of sulfone groups is 1. The number of aryl methyl sites for hydroxylation is 1. The number of nitrogens with one attached hydrogen (secondary N) is 1. The molecule has 0 amide bonds. The van der Waals surface area contributed by atoms with Crippen molar-refractivity contribution in [1.29, 1.82) is 0 Å². The van der Waals surface area contributed by atoms with E-state index in [2.05, 4.69) is 15.3 Å². The van der Waals surface area contributed by atoms with Gasteiger partial charge in [-0.2, -0.15) is 0 Å². The maximum Gasteiger partial charge on any atom is 0.223 e. The summed E-state index contributed by atoms with van der Waals surface area (Å²) >= 11 is 1.41. The highest BCUT2D eigenvalue weighted by atomic mass is 32.2. The lowest BCUT2D eigenvalue weighted by Gasteiger charge is -2.23. The minimum absolute atomic E-state index is 0.0121. The van der Waals surface area contributed by atoms with Crippen molar-refractivity contribution in [2.24, 2.45) is 0 Å². The van der Waals surface area contributed by atoms with Crippen molar-refractivity contribution in [2.75, 3.05) is 23.9 Å². The van der Waals surface area contributed by atoms with Crippen LogP contribution in [0.1, 0.15) is 37.3 Å². The zero-order valence-electron chi connectivity index (χ0n) is 19.1. The monoisotopic (exact) mass is 490 g/mol. The molecule has 0 radical (unpaired) electrons. The number of nitrogens with zero attached hydrogens (tertiary/aromatic N) is 3. The topological polar surface area (TPSA) is 94.1 Å². The van der Waals surface area contributed by atoms with E-state index in [9.17, 15) is 8.42 Å². The van der Waals surface area contributed by atoms with E-state index >= 15 is 4.39 Å². The summed E-state index contributed by atoms with van der Waals surface area (Å²) in [5, 5.41) is 3.97. The predicted octanol–water partition coefficient (Wildman–Crippen LogP) is 4.59. The second-order valence-corrected chi connectivity index (χ2v) is 12.0. The van der Waals surface area contributed by atoms with Gasteiger partial charge in [0.15, 0.2) is 0 Å². The van der Waals surface area contributed by atoms with E-state index in [0.717, 1.165) is 4.88 Å². The Morgan fingerprint density at radius 2 is 1.91 bits per heavy atom. The first-order valence-electron chi connectivity index (χ1n) is 10.7. The summed E-state index contributed by atoms with van der Waals surface area (Å²) in [6, 6.07) is 7.00. The highest BCUT2D eigenvalue weighted by Gasteiger charge is 2.29. The first-order valence-corrected chi connectivity index (χ1v) is 13.4. The molecule has 0 unspecified atom stereocenters. The summed E-state index contributed by atoms with van der Waals surface area (Å²) in [6.45, 7) is 5.55. The van der Waals surface area contributed by atoms with E-state index < -0.39 is 15.4 Å². The summed E-state index contributed by atoms with van der Waals surface area (Å²) in [5.74, 6) is 0.409. The Labute approximate surface area is 197 Å². The highest BCUT2D eigenvalue weighted by Crippen LogP contribution is 2.41. The molecule has 33 heavy (non-hydrogen) atoms. The lowest BCUT2D eigenvalue weighted by atomic mass is 10.1. The van der Waals surface area contributed by atoms with E-state index in [0.29, 0.717) is 46.3 Å². The molecule has 1 fully saturated rings. The standard InChI is InChI=1S/C23H27FN4O3S2/c1-14-6-5-7-16(18(14)24)19-20(32-21(28-19)23(2,3)31-4)17-8-11-25-22(27-17)26-15-9-12-33(29,30)13-10-15/h5-8,11,15H,9-10,12-13H2,1-4H3,(H,25,26,27). The third-order valence-electron chi connectivity index (χ3n) is 5.88. The molecule has 3 aromatic rings. The Bertz CT molecular complexity index is 1260. The minimum Gasteiger partial charge on any atom is -0.372 e. The Balaban J connectivity index is 1.74. The number of aromatic nitrogens is 3. The van der Waals surface area contributed by atoms with E-state index in [4.69, 9.17) is 9.72 Å². The number of benzene rings is 1. The fraction of sp³-hybridized carbons (Fsp3) is 0.435. The number of ether oxygens (including phenoxy) is 1. The molecule has 1 aromatic carbocycles. The number of rotatable bonds is 6. The number of hydrogen-bond donors (Lipinski definition) is 1. The molecule has 1 aliphatic rings. The zero-order chi connectivity index (χ0) is 23.8. The number of hydrogen-bond acceptors (Lipinski definition) is 8. The van der Waals surface area contributed by atoms with Crippen LogP contribution < -0.4 is 5.32 Å². The van der Waals surface area contributed by atoms with Crippen molar-refractivity contribution in [3.63, 3.8) is 0 Å². The van der Waals surface area contributed by atoms with Gasteiger partial charge in [0.2, 0.25) is 5.95 Å². The van der Waals surface area contributed by atoms with Gasteiger partial charge in [-0.05, 0) is 51.3 Å². The van der Waals surface area contributed by atoms with Crippen LogP contribution in [-0.2, 0) is 20.2 Å². The number of methoxy groups -OCH3 is 1. The number of thiazole rings is 1. The van der Waals surface area contributed by atoms with Gasteiger partial charge in [0.1, 0.15) is 26.3 Å². The molecule has 176 valence electrons. The highest BCUT2D eigenvalue weighted by molar-refractivity contribution is 7.91. The average molecular weight is 491 g/mol. The van der Waals surface area contributed by atoms with E-state index in [1.54, 1.807) is 38.4 Å². The van der Waals surface area contributed by atoms with Crippen LogP contribution in [0.3, 0.4) is 0 Å². The maximum atomic E-state index is 15.1. The second-order valence-electron chi connectivity index (χ2n) is 8.68. The summed E-state index contributed by atoms with van der Waals surface area (Å²) in [5.41, 5.74) is 1.41. The SMILES string of the molecule is COC(C)(C)c1nc(-c2cccc(C)c2F)c(-c2ccnc(NC3CCS(=O)(=O)CC3)n2)s1. The fourth-order valence-corrected chi connectivity index (χ4v) is 6.24. The van der Waals surface area contributed by atoms with Crippen LogP contribution in [0.15, 0.2) is 30.5 Å². The summed E-state index contributed by atoms with van der Waals surface area (Å²) in [4.78, 5) is 14.5. The molecular formula is C23H27FN4O3S2.